The van der Waals surface area contributed by atoms with Gasteiger partial charge in [-0.3, -0.25) is 4.84 Å². The molecule has 0 aliphatic carbocycles. The minimum Gasteiger partial charge on any atom is -0.479 e. The molecule has 30 nitrogen and oxygen atoms in total. The Labute approximate surface area is 373 Å². The maximum atomic E-state index is 11.4. The number of hydrogen-bond acceptors (Lipinski definition) is 29. The lowest BCUT2D eigenvalue weighted by Gasteiger charge is -2.45. The summed E-state index contributed by atoms with van der Waals surface area (Å²) in [5, 5.41) is 157. The summed E-state index contributed by atoms with van der Waals surface area (Å²) in [6.45, 7) is 1.85. The number of carbonyl (C=O) groups is 1. The first kappa shape index (κ1) is 53.7. The van der Waals surface area contributed by atoms with Crippen molar-refractivity contribution in [3.63, 3.8) is 0 Å². The molecule has 0 aromatic rings. The average Bonchev–Trinajstić information content (AvgIpc) is 4.07. The van der Waals surface area contributed by atoms with E-state index in [1.165, 1.54) is 20.8 Å². The van der Waals surface area contributed by atoms with E-state index in [0.29, 0.717) is 0 Å². The van der Waals surface area contributed by atoms with E-state index in [0.717, 1.165) is 0 Å². The Morgan fingerprint density at radius 2 is 1.17 bits per heavy atom. The highest BCUT2D eigenvalue weighted by atomic mass is 16.8. The summed E-state index contributed by atoms with van der Waals surface area (Å²) in [5.74, 6) is 3.63. The largest absolute Gasteiger partial charge is 0.479 e. The van der Waals surface area contributed by atoms with Crippen LogP contribution < -0.4 is 5.90 Å². The molecule has 6 saturated heterocycles. The van der Waals surface area contributed by atoms with Crippen molar-refractivity contribution in [1.82, 2.24) is 0 Å². The van der Waals surface area contributed by atoms with Crippen LogP contribution >= 0.6 is 0 Å². The molecule has 0 spiro atoms. The molecule has 16 unspecified atom stereocenters. The van der Waals surface area contributed by atoms with E-state index in [-0.39, 0.29) is 0 Å². The van der Waals surface area contributed by atoms with Crippen LogP contribution in [0, 0.1) is 0 Å². The van der Waals surface area contributed by atoms with Crippen LogP contribution in [0.15, 0.2) is 0 Å². The molecule has 17 N–H and O–H groups in total. The maximum Gasteiger partial charge on any atom is 0.335 e. The SMILES string of the molecule is CC(O[C@H](C)OC1[C@@H](O)C(COC2C(O)[C@H](O)C(CO[C@H]3OC(C(=O)O)[C@@H](O)C(O)C3O)O[C@@H]2O)O[C@@H](ON)[C@H]1O)[C@H](O)C(C)O[C@@H]1OC(CO)[C@@H](O[C@H]2OC3O[C@@H]3C(O)C2O)C(O)C1O. The normalized spacial score (nSPS) is 49.3. The van der Waals surface area contributed by atoms with E-state index in [2.05, 4.69) is 0 Å². The lowest BCUT2D eigenvalue weighted by atomic mass is 9.97. The Morgan fingerprint density at radius 3 is 1.82 bits per heavy atom. The fraction of sp³-hybridized carbons (Fsp3) is 0.972. The van der Waals surface area contributed by atoms with Gasteiger partial charge in [0.2, 0.25) is 6.29 Å². The highest BCUT2D eigenvalue weighted by Crippen LogP contribution is 2.38. The number of ether oxygens (including phenoxy) is 12. The van der Waals surface area contributed by atoms with E-state index in [1.807, 2.05) is 0 Å². The van der Waals surface area contributed by atoms with Crippen LogP contribution in [-0.4, -0.2) is 281 Å². The number of nitrogens with two attached hydrogens (primary N) is 1. The average molecular weight is 972 g/mol. The van der Waals surface area contributed by atoms with Gasteiger partial charge in [-0.15, -0.1) is 0 Å². The van der Waals surface area contributed by atoms with Crippen LogP contribution in [0.1, 0.15) is 20.8 Å². The Kier molecular flexibility index (Phi) is 18.4. The van der Waals surface area contributed by atoms with E-state index in [9.17, 15) is 81.4 Å². The summed E-state index contributed by atoms with van der Waals surface area (Å²) in [6.07, 6.45) is -46.7. The standard InChI is InChI=1S/C36H61NO29/c1-7(13(39)8(2)57-33-22(48)19(45)25(10(4-38)60-33)62-34-23(49)20(46)29-36(64-29)65-34)56-9(3)58-26-15(41)12(61-35(66-37)24(26)50)5-54-28-17(43)14(40)11(59-31(28)53)6-55-32-21(47)16(42)18(44)27(63-32)30(51)52/h7-29,31-36,38-50,53H,4-6,37H2,1-3H3,(H,51,52)/t7?,8?,9-,10?,11?,12?,13-,14+,15-,16?,17?,18-,19?,20?,21?,22?,23?,24-,25+,26?,27?,28?,29+,31-,32-,33+,34-,35-,36?/m0/s1. The van der Waals surface area contributed by atoms with E-state index < -0.39 is 204 Å². The fourth-order valence-corrected chi connectivity index (χ4v) is 8.08. The zero-order chi connectivity index (χ0) is 48.6. The summed E-state index contributed by atoms with van der Waals surface area (Å²) in [4.78, 5) is 16.1. The van der Waals surface area contributed by atoms with Crippen LogP contribution in [0.25, 0.3) is 0 Å². The van der Waals surface area contributed by atoms with Crippen LogP contribution in [0.2, 0.25) is 0 Å². The van der Waals surface area contributed by atoms with Crippen molar-refractivity contribution in [2.75, 3.05) is 19.8 Å². The number of carboxylic acids is 1. The summed E-state index contributed by atoms with van der Waals surface area (Å²) in [7, 11) is 0. The number of rotatable bonds is 19. The minimum absolute atomic E-state index is 0.704. The molecule has 0 radical (unpaired) electrons. The third-order valence-electron chi connectivity index (χ3n) is 12.0. The van der Waals surface area contributed by atoms with Crippen molar-refractivity contribution in [1.29, 1.82) is 0 Å². The van der Waals surface area contributed by atoms with Gasteiger partial charge < -0.3 is 133 Å². The Morgan fingerprint density at radius 1 is 0.561 bits per heavy atom. The third kappa shape index (κ3) is 11.6. The molecular formula is C36H61NO29. The van der Waals surface area contributed by atoms with Crippen LogP contribution in [0.4, 0.5) is 0 Å². The molecule has 66 heavy (non-hydrogen) atoms. The molecule has 384 valence electrons. The first-order valence-electron chi connectivity index (χ1n) is 20.9. The smallest absolute Gasteiger partial charge is 0.335 e. The molecule has 6 rings (SSSR count). The molecule has 0 aromatic carbocycles. The molecule has 0 amide bonds. The van der Waals surface area contributed by atoms with Gasteiger partial charge in [-0.05, 0) is 20.8 Å². The molecular weight excluding hydrogens is 910 g/mol. The second-order valence-electron chi connectivity index (χ2n) is 16.7. The number of hydrogen-bond donors (Lipinski definition) is 16. The lowest BCUT2D eigenvalue weighted by molar-refractivity contribution is -0.353. The Hall–Kier alpha value is -1.65. The number of epoxide rings is 1. The molecule has 30 heteroatoms. The van der Waals surface area contributed by atoms with Crippen molar-refractivity contribution in [3.05, 3.63) is 0 Å². The number of aliphatic carboxylic acids is 1. The Balaban J connectivity index is 0.976. The molecule has 6 heterocycles. The molecule has 29 atom stereocenters. The summed E-state index contributed by atoms with van der Waals surface area (Å²) < 4.78 is 65.5. The second kappa shape index (κ2) is 22.6. The first-order chi connectivity index (χ1) is 31.1. The summed E-state index contributed by atoms with van der Waals surface area (Å²) in [5.41, 5.74) is 0. The molecule has 6 fully saturated rings. The van der Waals surface area contributed by atoms with Crippen molar-refractivity contribution < 1.29 is 143 Å². The van der Waals surface area contributed by atoms with E-state index in [1.54, 1.807) is 0 Å². The predicted molar refractivity (Wildman–Crippen MR) is 198 cm³/mol. The van der Waals surface area contributed by atoms with Gasteiger partial charge >= 0.3 is 5.97 Å². The van der Waals surface area contributed by atoms with Gasteiger partial charge in [0, 0.05) is 0 Å². The number of carboxylic acid groups (broad SMARTS) is 1. The van der Waals surface area contributed by atoms with Crippen molar-refractivity contribution in [2.24, 2.45) is 5.90 Å². The number of fused-ring (bicyclic) bond motifs is 1. The highest BCUT2D eigenvalue weighted by molar-refractivity contribution is 5.73. The van der Waals surface area contributed by atoms with Gasteiger partial charge in [0.05, 0.1) is 32.0 Å². The summed E-state index contributed by atoms with van der Waals surface area (Å²) in [6, 6.07) is 0. The van der Waals surface area contributed by atoms with Crippen LogP contribution in [0.3, 0.4) is 0 Å². The quantitative estimate of drug-likeness (QED) is 0.0325. The number of aliphatic hydroxyl groups is 14. The maximum absolute atomic E-state index is 11.4. The van der Waals surface area contributed by atoms with E-state index >= 15 is 0 Å². The van der Waals surface area contributed by atoms with Gasteiger partial charge in [0.15, 0.2) is 43.8 Å². The van der Waals surface area contributed by atoms with Gasteiger partial charge in [0.25, 0.3) is 0 Å². The summed E-state index contributed by atoms with van der Waals surface area (Å²) >= 11 is 0. The fourth-order valence-electron chi connectivity index (χ4n) is 8.08. The third-order valence-corrected chi connectivity index (χ3v) is 12.0. The lowest BCUT2D eigenvalue weighted by Crippen LogP contribution is -2.63. The predicted octanol–water partition coefficient (Wildman–Crippen LogP) is -10.4. The van der Waals surface area contributed by atoms with Crippen molar-refractivity contribution >= 4 is 5.97 Å². The Bertz CT molecular complexity index is 1540. The van der Waals surface area contributed by atoms with Gasteiger partial charge in [-0.1, -0.05) is 0 Å². The molecule has 0 saturated carbocycles. The van der Waals surface area contributed by atoms with Crippen molar-refractivity contribution in [2.45, 2.75) is 199 Å². The van der Waals surface area contributed by atoms with Crippen molar-refractivity contribution in [3.8, 4) is 0 Å². The molecule has 6 aliphatic rings. The van der Waals surface area contributed by atoms with Gasteiger partial charge in [-0.25, -0.2) is 10.7 Å². The van der Waals surface area contributed by atoms with Crippen LogP contribution in [0.5, 0.6) is 0 Å². The minimum atomic E-state index is -2.01. The molecule has 0 aromatic heterocycles. The molecule has 6 aliphatic heterocycles. The first-order valence-corrected chi connectivity index (χ1v) is 20.9. The molecule has 0 bridgehead atoms. The number of aliphatic hydroxyl groups excluding tert-OH is 14. The van der Waals surface area contributed by atoms with Gasteiger partial charge in [0.1, 0.15) is 116 Å². The van der Waals surface area contributed by atoms with Crippen LogP contribution in [-0.2, 0) is 66.5 Å². The van der Waals surface area contributed by atoms with Gasteiger partial charge in [-0.2, -0.15) is 0 Å². The monoisotopic (exact) mass is 971 g/mol. The zero-order valence-corrected chi connectivity index (χ0v) is 35.4. The highest BCUT2D eigenvalue weighted by Gasteiger charge is 2.59. The topological polar surface area (TPSA) is 470 Å². The van der Waals surface area contributed by atoms with E-state index in [4.69, 9.17) is 67.6 Å². The zero-order valence-electron chi connectivity index (χ0n) is 35.4. The second-order valence-corrected chi connectivity index (χ2v) is 16.7.